The summed E-state index contributed by atoms with van der Waals surface area (Å²) in [4.78, 5) is 0. The Kier molecular flexibility index (Phi) is 3.69. The van der Waals surface area contributed by atoms with Crippen LogP contribution in [0.4, 0.5) is 0 Å². The van der Waals surface area contributed by atoms with E-state index in [4.69, 9.17) is 4.74 Å². The van der Waals surface area contributed by atoms with E-state index in [0.29, 0.717) is 0 Å². The van der Waals surface area contributed by atoms with E-state index < -0.39 is 5.60 Å². The van der Waals surface area contributed by atoms with Gasteiger partial charge in [0.25, 0.3) is 0 Å². The summed E-state index contributed by atoms with van der Waals surface area (Å²) in [7, 11) is 1.65. The zero-order chi connectivity index (χ0) is 12.3. The Hall–Kier alpha value is -1.06. The highest BCUT2D eigenvalue weighted by Crippen LogP contribution is 2.34. The van der Waals surface area contributed by atoms with E-state index in [0.717, 1.165) is 37.2 Å². The van der Waals surface area contributed by atoms with Gasteiger partial charge in [-0.15, -0.1) is 0 Å². The first-order valence-corrected chi connectivity index (χ1v) is 6.22. The maximum atomic E-state index is 10.7. The van der Waals surface area contributed by atoms with Crippen molar-refractivity contribution in [2.75, 3.05) is 20.2 Å². The Balaban J connectivity index is 2.17. The molecule has 2 atom stereocenters. The first-order valence-electron chi connectivity index (χ1n) is 6.22. The average Bonchev–Trinajstić information content (AvgIpc) is 2.40. The van der Waals surface area contributed by atoms with Crippen LogP contribution in [-0.4, -0.2) is 25.3 Å². The van der Waals surface area contributed by atoms with E-state index in [1.165, 1.54) is 0 Å². The van der Waals surface area contributed by atoms with Gasteiger partial charge >= 0.3 is 0 Å². The van der Waals surface area contributed by atoms with Crippen LogP contribution in [0.1, 0.15) is 25.3 Å². The van der Waals surface area contributed by atoms with Crippen molar-refractivity contribution in [3.05, 3.63) is 29.8 Å². The van der Waals surface area contributed by atoms with Crippen molar-refractivity contribution in [3.63, 3.8) is 0 Å². The van der Waals surface area contributed by atoms with Gasteiger partial charge in [-0.3, -0.25) is 0 Å². The van der Waals surface area contributed by atoms with Gasteiger partial charge in [-0.25, -0.2) is 0 Å². The van der Waals surface area contributed by atoms with Gasteiger partial charge in [0.15, 0.2) is 0 Å². The van der Waals surface area contributed by atoms with Crippen LogP contribution in [0.15, 0.2) is 24.3 Å². The Morgan fingerprint density at radius 2 is 2.06 bits per heavy atom. The second kappa shape index (κ2) is 5.07. The van der Waals surface area contributed by atoms with E-state index in [-0.39, 0.29) is 5.92 Å². The molecule has 0 bridgehead atoms. The molecule has 94 valence electrons. The maximum absolute atomic E-state index is 10.7. The molecule has 3 nitrogen and oxygen atoms in total. The molecule has 0 radical (unpaired) electrons. The predicted octanol–water partition coefficient (Wildman–Crippen LogP) is 1.90. The summed E-state index contributed by atoms with van der Waals surface area (Å²) in [6.45, 7) is 3.86. The predicted molar refractivity (Wildman–Crippen MR) is 68.2 cm³/mol. The molecule has 0 aromatic heterocycles. The van der Waals surface area contributed by atoms with Crippen molar-refractivity contribution in [1.29, 1.82) is 0 Å². The molecule has 1 heterocycles. The lowest BCUT2D eigenvalue weighted by molar-refractivity contribution is -0.0156. The minimum absolute atomic E-state index is 0.282. The Bertz CT molecular complexity index is 353. The maximum Gasteiger partial charge on any atom is 0.118 e. The molecule has 1 aromatic carbocycles. The SMILES string of the molecule is COc1ccc(C(C)(O)C2CCCNC2)cc1. The summed E-state index contributed by atoms with van der Waals surface area (Å²) in [6, 6.07) is 7.71. The van der Waals surface area contributed by atoms with Crippen LogP contribution >= 0.6 is 0 Å². The van der Waals surface area contributed by atoms with Gasteiger partial charge in [-0.1, -0.05) is 12.1 Å². The molecule has 1 aliphatic heterocycles. The van der Waals surface area contributed by atoms with Crippen LogP contribution in [0.3, 0.4) is 0 Å². The molecule has 1 saturated heterocycles. The average molecular weight is 235 g/mol. The lowest BCUT2D eigenvalue weighted by Crippen LogP contribution is -2.42. The zero-order valence-corrected chi connectivity index (χ0v) is 10.6. The molecule has 1 aliphatic rings. The van der Waals surface area contributed by atoms with Gasteiger partial charge < -0.3 is 15.2 Å². The van der Waals surface area contributed by atoms with Gasteiger partial charge in [0.2, 0.25) is 0 Å². The fourth-order valence-corrected chi connectivity index (χ4v) is 2.50. The number of piperidine rings is 1. The number of nitrogens with one attached hydrogen (secondary N) is 1. The number of hydrogen-bond acceptors (Lipinski definition) is 3. The van der Waals surface area contributed by atoms with Crippen LogP contribution in [-0.2, 0) is 5.60 Å². The van der Waals surface area contributed by atoms with Crippen molar-refractivity contribution >= 4 is 0 Å². The first kappa shape index (κ1) is 12.4. The molecular weight excluding hydrogens is 214 g/mol. The third kappa shape index (κ3) is 2.61. The standard InChI is InChI=1S/C14H21NO2/c1-14(16,12-4-3-9-15-10-12)11-5-7-13(17-2)8-6-11/h5-8,12,15-16H,3-4,9-10H2,1-2H3. The quantitative estimate of drug-likeness (QED) is 0.841. The fraction of sp³-hybridized carbons (Fsp3) is 0.571. The summed E-state index contributed by atoms with van der Waals surface area (Å²) in [6.07, 6.45) is 2.21. The van der Waals surface area contributed by atoms with Crippen molar-refractivity contribution in [3.8, 4) is 5.75 Å². The number of hydrogen-bond donors (Lipinski definition) is 2. The van der Waals surface area contributed by atoms with Crippen molar-refractivity contribution in [2.24, 2.45) is 5.92 Å². The second-order valence-corrected chi connectivity index (χ2v) is 4.92. The number of aliphatic hydroxyl groups is 1. The molecule has 1 fully saturated rings. The van der Waals surface area contributed by atoms with Crippen molar-refractivity contribution in [1.82, 2.24) is 5.32 Å². The van der Waals surface area contributed by atoms with E-state index in [1.54, 1.807) is 7.11 Å². The molecule has 0 aliphatic carbocycles. The number of methoxy groups -OCH3 is 1. The van der Waals surface area contributed by atoms with Gasteiger partial charge in [0, 0.05) is 12.5 Å². The highest BCUT2D eigenvalue weighted by molar-refractivity contribution is 5.31. The van der Waals surface area contributed by atoms with E-state index >= 15 is 0 Å². The summed E-state index contributed by atoms with van der Waals surface area (Å²) in [5.74, 6) is 1.11. The molecule has 1 aromatic rings. The van der Waals surface area contributed by atoms with Crippen LogP contribution in [0.25, 0.3) is 0 Å². The van der Waals surface area contributed by atoms with E-state index in [1.807, 2.05) is 31.2 Å². The lowest BCUT2D eigenvalue weighted by Gasteiger charge is -2.36. The summed E-state index contributed by atoms with van der Waals surface area (Å²) in [5, 5.41) is 14.0. The molecule has 17 heavy (non-hydrogen) atoms. The third-order valence-electron chi connectivity index (χ3n) is 3.77. The highest BCUT2D eigenvalue weighted by Gasteiger charge is 2.34. The third-order valence-corrected chi connectivity index (χ3v) is 3.77. The molecule has 0 spiro atoms. The molecule has 2 unspecified atom stereocenters. The largest absolute Gasteiger partial charge is 0.497 e. The van der Waals surface area contributed by atoms with E-state index in [9.17, 15) is 5.11 Å². The number of ether oxygens (including phenoxy) is 1. The van der Waals surface area contributed by atoms with Crippen LogP contribution < -0.4 is 10.1 Å². The van der Waals surface area contributed by atoms with E-state index in [2.05, 4.69) is 5.32 Å². The minimum atomic E-state index is -0.764. The first-order chi connectivity index (χ1) is 8.14. The van der Waals surface area contributed by atoms with Crippen LogP contribution in [0, 0.1) is 5.92 Å². The van der Waals surface area contributed by atoms with Gasteiger partial charge in [-0.2, -0.15) is 0 Å². The van der Waals surface area contributed by atoms with Crippen LogP contribution in [0.5, 0.6) is 5.75 Å². The molecule has 0 saturated carbocycles. The van der Waals surface area contributed by atoms with Gasteiger partial charge in [-0.05, 0) is 44.0 Å². The normalized spacial score (nSPS) is 24.1. The summed E-state index contributed by atoms with van der Waals surface area (Å²) in [5.41, 5.74) is 0.201. The molecule has 2 N–H and O–H groups in total. The number of benzene rings is 1. The summed E-state index contributed by atoms with van der Waals surface area (Å²) < 4.78 is 5.13. The monoisotopic (exact) mass is 235 g/mol. The molecular formula is C14H21NO2. The minimum Gasteiger partial charge on any atom is -0.497 e. The number of rotatable bonds is 3. The summed E-state index contributed by atoms with van der Waals surface area (Å²) >= 11 is 0. The topological polar surface area (TPSA) is 41.5 Å². The molecule has 2 rings (SSSR count). The van der Waals surface area contributed by atoms with Gasteiger partial charge in [0.1, 0.15) is 5.75 Å². The molecule has 0 amide bonds. The Morgan fingerprint density at radius 3 is 2.59 bits per heavy atom. The van der Waals surface area contributed by atoms with Crippen molar-refractivity contribution in [2.45, 2.75) is 25.4 Å². The zero-order valence-electron chi connectivity index (χ0n) is 10.6. The Morgan fingerprint density at radius 1 is 1.35 bits per heavy atom. The van der Waals surface area contributed by atoms with Gasteiger partial charge in [0.05, 0.1) is 12.7 Å². The lowest BCUT2D eigenvalue weighted by atomic mass is 9.79. The van der Waals surface area contributed by atoms with Crippen LogP contribution in [0.2, 0.25) is 0 Å². The smallest absolute Gasteiger partial charge is 0.118 e. The molecule has 3 heteroatoms. The highest BCUT2D eigenvalue weighted by atomic mass is 16.5. The second-order valence-electron chi connectivity index (χ2n) is 4.92. The fourth-order valence-electron chi connectivity index (χ4n) is 2.50. The Labute approximate surface area is 103 Å². The van der Waals surface area contributed by atoms with Crippen molar-refractivity contribution < 1.29 is 9.84 Å².